The maximum atomic E-state index is 11.8. The summed E-state index contributed by atoms with van der Waals surface area (Å²) in [6.45, 7) is 3.26. The summed E-state index contributed by atoms with van der Waals surface area (Å²) in [6.07, 6.45) is 1.19. The van der Waals surface area contributed by atoms with Gasteiger partial charge in [0.05, 0.1) is 4.75 Å². The van der Waals surface area contributed by atoms with Gasteiger partial charge in [-0.25, -0.2) is 13.2 Å². The first kappa shape index (κ1) is 13.6. The number of fused-ring (bicyclic) bond motifs is 1. The second-order valence-corrected chi connectivity index (χ2v) is 7.64. The maximum absolute atomic E-state index is 11.8. The Kier molecular flexibility index (Phi) is 2.93. The minimum atomic E-state index is -3.26. The van der Waals surface area contributed by atoms with Crippen molar-refractivity contribution in [1.29, 1.82) is 0 Å². The van der Waals surface area contributed by atoms with Crippen LogP contribution in [0.2, 0.25) is 0 Å². The highest BCUT2D eigenvalue weighted by molar-refractivity contribution is 7.91. The molecule has 0 spiro atoms. The number of rotatable bonds is 3. The lowest BCUT2D eigenvalue weighted by molar-refractivity contribution is 0.0691. The molecule has 1 aromatic carbocycles. The van der Waals surface area contributed by atoms with Gasteiger partial charge in [-0.05, 0) is 31.5 Å². The molecule has 0 unspecified atom stereocenters. The molecular weight excluding hydrogens is 266 g/mol. The highest BCUT2D eigenvalue weighted by atomic mass is 32.2. The molecule has 0 aliphatic carbocycles. The van der Waals surface area contributed by atoms with E-state index < -0.39 is 20.6 Å². The van der Waals surface area contributed by atoms with Crippen molar-refractivity contribution in [2.24, 2.45) is 0 Å². The maximum Gasteiger partial charge on any atom is 0.352 e. The van der Waals surface area contributed by atoms with Crippen molar-refractivity contribution in [1.82, 2.24) is 4.98 Å². The fraction of sp³-hybridized carbons (Fsp3) is 0.308. The molecular formula is C13H15NO4S. The molecule has 2 rings (SSSR count). The van der Waals surface area contributed by atoms with Crippen molar-refractivity contribution >= 4 is 26.7 Å². The van der Waals surface area contributed by atoms with Crippen LogP contribution in [0.1, 0.15) is 29.9 Å². The molecule has 0 aliphatic rings. The Bertz CT molecular complexity index is 756. The minimum absolute atomic E-state index is 0.0873. The van der Waals surface area contributed by atoms with Crippen LogP contribution in [0, 0.1) is 0 Å². The summed E-state index contributed by atoms with van der Waals surface area (Å²) in [4.78, 5) is 13.6. The van der Waals surface area contributed by atoms with Gasteiger partial charge >= 0.3 is 5.97 Å². The number of hydrogen-bond donors (Lipinski definition) is 2. The Morgan fingerprint density at radius 3 is 2.42 bits per heavy atom. The number of aromatic nitrogens is 1. The Hall–Kier alpha value is -1.82. The number of sulfone groups is 1. The number of carboxylic acid groups (broad SMARTS) is 1. The van der Waals surface area contributed by atoms with Crippen LogP contribution in [0.15, 0.2) is 24.3 Å². The second kappa shape index (κ2) is 4.09. The van der Waals surface area contributed by atoms with Crippen molar-refractivity contribution in [3.8, 4) is 0 Å². The molecule has 102 valence electrons. The number of carboxylic acids is 1. The van der Waals surface area contributed by atoms with Gasteiger partial charge in [0.1, 0.15) is 5.69 Å². The van der Waals surface area contributed by atoms with Crippen LogP contribution in [-0.4, -0.2) is 30.7 Å². The Balaban J connectivity index is 2.62. The van der Waals surface area contributed by atoms with E-state index in [1.807, 2.05) is 0 Å². The fourth-order valence-corrected chi connectivity index (χ4v) is 2.39. The number of H-pyrrole nitrogens is 1. The number of aromatic carboxylic acids is 1. The van der Waals surface area contributed by atoms with E-state index in [0.29, 0.717) is 11.1 Å². The summed E-state index contributed by atoms with van der Waals surface area (Å²) < 4.78 is 22.6. The van der Waals surface area contributed by atoms with Crippen molar-refractivity contribution in [3.63, 3.8) is 0 Å². The molecule has 0 radical (unpaired) electrons. The van der Waals surface area contributed by atoms with E-state index in [1.54, 1.807) is 32.0 Å². The zero-order valence-electron chi connectivity index (χ0n) is 10.9. The van der Waals surface area contributed by atoms with Gasteiger partial charge in [0, 0.05) is 17.2 Å². The lowest BCUT2D eigenvalue weighted by atomic mass is 10.0. The predicted octanol–water partition coefficient (Wildman–Crippen LogP) is 2.15. The average molecular weight is 281 g/mol. The minimum Gasteiger partial charge on any atom is -0.477 e. The predicted molar refractivity (Wildman–Crippen MR) is 73.1 cm³/mol. The highest BCUT2D eigenvalue weighted by Gasteiger charge is 2.32. The van der Waals surface area contributed by atoms with E-state index in [4.69, 9.17) is 5.11 Å². The molecule has 0 saturated heterocycles. The number of hydrogen-bond acceptors (Lipinski definition) is 3. The smallest absolute Gasteiger partial charge is 0.352 e. The van der Waals surface area contributed by atoms with E-state index in [9.17, 15) is 13.2 Å². The monoisotopic (exact) mass is 281 g/mol. The molecule has 0 aliphatic heterocycles. The number of aromatic amines is 1. The quantitative estimate of drug-likeness (QED) is 0.902. The van der Waals surface area contributed by atoms with Gasteiger partial charge in [0.25, 0.3) is 0 Å². The summed E-state index contributed by atoms with van der Waals surface area (Å²) in [5.41, 5.74) is 1.33. The van der Waals surface area contributed by atoms with Crippen LogP contribution >= 0.6 is 0 Å². The summed E-state index contributed by atoms with van der Waals surface area (Å²) >= 11 is 0. The van der Waals surface area contributed by atoms with Gasteiger partial charge in [0.15, 0.2) is 9.84 Å². The Morgan fingerprint density at radius 1 is 1.26 bits per heavy atom. The molecule has 5 nitrogen and oxygen atoms in total. The molecule has 2 aromatic rings. The van der Waals surface area contributed by atoms with Gasteiger partial charge in [-0.1, -0.05) is 12.1 Å². The highest BCUT2D eigenvalue weighted by Crippen LogP contribution is 2.31. The lowest BCUT2D eigenvalue weighted by Gasteiger charge is -2.23. The van der Waals surface area contributed by atoms with Crippen LogP contribution in [0.5, 0.6) is 0 Å². The third-order valence-electron chi connectivity index (χ3n) is 3.48. The van der Waals surface area contributed by atoms with Crippen LogP contribution in [0.25, 0.3) is 10.9 Å². The zero-order valence-corrected chi connectivity index (χ0v) is 11.7. The number of nitrogens with one attached hydrogen (secondary N) is 1. The molecule has 1 aromatic heterocycles. The molecule has 1 heterocycles. The molecule has 2 N–H and O–H groups in total. The van der Waals surface area contributed by atoms with E-state index in [1.165, 1.54) is 12.3 Å². The van der Waals surface area contributed by atoms with Crippen LogP contribution in [-0.2, 0) is 14.6 Å². The standard InChI is InChI=1S/C13H15NO4S/c1-13(2,19(3,17)18)9-5-4-8-6-11(12(15)16)14-10(8)7-9/h4-7,14H,1-3H3,(H,15,16). The molecule has 0 atom stereocenters. The van der Waals surface area contributed by atoms with Gasteiger partial charge < -0.3 is 10.1 Å². The second-order valence-electron chi connectivity index (χ2n) is 5.07. The third kappa shape index (κ3) is 2.23. The van der Waals surface area contributed by atoms with Crippen molar-refractivity contribution in [2.75, 3.05) is 6.26 Å². The van der Waals surface area contributed by atoms with Crippen LogP contribution in [0.4, 0.5) is 0 Å². The summed E-state index contributed by atoms with van der Waals surface area (Å²) in [7, 11) is -3.26. The number of benzene rings is 1. The van der Waals surface area contributed by atoms with E-state index in [0.717, 1.165) is 5.39 Å². The van der Waals surface area contributed by atoms with Crippen LogP contribution in [0.3, 0.4) is 0 Å². The summed E-state index contributed by atoms with van der Waals surface area (Å²) in [6, 6.07) is 6.64. The molecule has 0 saturated carbocycles. The Labute approximate surface area is 111 Å². The zero-order chi connectivity index (χ0) is 14.4. The SMILES string of the molecule is CC(C)(c1ccc2cc(C(=O)O)[nH]c2c1)S(C)(=O)=O. The first-order valence-corrected chi connectivity index (χ1v) is 7.58. The van der Waals surface area contributed by atoms with E-state index >= 15 is 0 Å². The number of carbonyl (C=O) groups is 1. The van der Waals surface area contributed by atoms with Gasteiger partial charge in [-0.2, -0.15) is 0 Å². The molecule has 19 heavy (non-hydrogen) atoms. The van der Waals surface area contributed by atoms with Crippen LogP contribution < -0.4 is 0 Å². The van der Waals surface area contributed by atoms with Crippen molar-refractivity contribution < 1.29 is 18.3 Å². The molecule has 6 heteroatoms. The first-order chi connectivity index (χ1) is 8.63. The molecule has 0 bridgehead atoms. The third-order valence-corrected chi connectivity index (χ3v) is 5.56. The van der Waals surface area contributed by atoms with Crippen molar-refractivity contribution in [3.05, 3.63) is 35.5 Å². The lowest BCUT2D eigenvalue weighted by Crippen LogP contribution is -2.27. The fourth-order valence-electron chi connectivity index (χ4n) is 1.83. The van der Waals surface area contributed by atoms with Gasteiger partial charge in [-0.15, -0.1) is 0 Å². The molecule has 0 fully saturated rings. The molecule has 0 amide bonds. The topological polar surface area (TPSA) is 87.2 Å². The van der Waals surface area contributed by atoms with E-state index in [-0.39, 0.29) is 5.69 Å². The normalized spacial score (nSPS) is 12.8. The summed E-state index contributed by atoms with van der Waals surface area (Å²) in [5.74, 6) is -1.04. The average Bonchev–Trinajstić information content (AvgIpc) is 2.69. The summed E-state index contributed by atoms with van der Waals surface area (Å²) in [5, 5.41) is 9.66. The Morgan fingerprint density at radius 2 is 1.89 bits per heavy atom. The first-order valence-electron chi connectivity index (χ1n) is 5.69. The van der Waals surface area contributed by atoms with Gasteiger partial charge in [0.2, 0.25) is 0 Å². The largest absolute Gasteiger partial charge is 0.477 e. The van der Waals surface area contributed by atoms with Gasteiger partial charge in [-0.3, -0.25) is 0 Å². The van der Waals surface area contributed by atoms with Crippen molar-refractivity contribution in [2.45, 2.75) is 18.6 Å². The van der Waals surface area contributed by atoms with E-state index in [2.05, 4.69) is 4.98 Å².